The summed E-state index contributed by atoms with van der Waals surface area (Å²) < 4.78 is 29.0. The van der Waals surface area contributed by atoms with Gasteiger partial charge in [0.2, 0.25) is 0 Å². The van der Waals surface area contributed by atoms with E-state index in [0.29, 0.717) is 5.92 Å². The zero-order valence-corrected chi connectivity index (χ0v) is 10.6. The zero-order valence-electron chi connectivity index (χ0n) is 9.80. The minimum Gasteiger partial charge on any atom is -0.266 e. The molecule has 92 valence electrons. The van der Waals surface area contributed by atoms with Crippen LogP contribution < -0.4 is 0 Å². The van der Waals surface area contributed by atoms with Gasteiger partial charge < -0.3 is 0 Å². The van der Waals surface area contributed by atoms with Gasteiger partial charge in [0, 0.05) is 0 Å². The van der Waals surface area contributed by atoms with Crippen LogP contribution in [0.3, 0.4) is 0 Å². The van der Waals surface area contributed by atoms with Gasteiger partial charge in [-0.05, 0) is 37.3 Å². The molecule has 1 aromatic carbocycles. The fourth-order valence-corrected chi connectivity index (χ4v) is 3.10. The third-order valence-electron chi connectivity index (χ3n) is 2.93. The molecule has 1 aliphatic rings. The van der Waals surface area contributed by atoms with E-state index < -0.39 is 10.1 Å². The lowest BCUT2D eigenvalue weighted by atomic mass is 10.1. The van der Waals surface area contributed by atoms with Crippen molar-refractivity contribution in [1.82, 2.24) is 0 Å². The minimum absolute atomic E-state index is 0.268. The SMILES string of the molecule is Cc1ccccc1S(=O)(=O)OCC1CC=CC1. The van der Waals surface area contributed by atoms with Gasteiger partial charge in [-0.3, -0.25) is 4.18 Å². The predicted molar refractivity (Wildman–Crippen MR) is 66.2 cm³/mol. The minimum atomic E-state index is -3.61. The van der Waals surface area contributed by atoms with Crippen molar-refractivity contribution in [1.29, 1.82) is 0 Å². The summed E-state index contributed by atoms with van der Waals surface area (Å²) in [6, 6.07) is 6.88. The fourth-order valence-electron chi connectivity index (χ4n) is 1.90. The molecule has 3 nitrogen and oxygen atoms in total. The van der Waals surface area contributed by atoms with Crippen molar-refractivity contribution in [3.63, 3.8) is 0 Å². The van der Waals surface area contributed by atoms with Crippen molar-refractivity contribution in [2.45, 2.75) is 24.7 Å². The molecule has 0 aromatic heterocycles. The molecule has 0 saturated heterocycles. The Hall–Kier alpha value is -1.13. The molecule has 17 heavy (non-hydrogen) atoms. The van der Waals surface area contributed by atoms with Crippen LogP contribution in [0.4, 0.5) is 0 Å². The standard InChI is InChI=1S/C13H16O3S/c1-11-6-2-5-9-13(11)17(14,15)16-10-12-7-3-4-8-12/h2-6,9,12H,7-8,10H2,1H3. The molecule has 4 heteroatoms. The molecule has 0 spiro atoms. The summed E-state index contributed by atoms with van der Waals surface area (Å²) in [6.07, 6.45) is 5.94. The average Bonchev–Trinajstić information content (AvgIpc) is 2.80. The van der Waals surface area contributed by atoms with Gasteiger partial charge in [-0.15, -0.1) is 0 Å². The van der Waals surface area contributed by atoms with Gasteiger partial charge in [0.25, 0.3) is 10.1 Å². The van der Waals surface area contributed by atoms with Crippen LogP contribution in [0.2, 0.25) is 0 Å². The number of hydrogen-bond donors (Lipinski definition) is 0. The first-order valence-electron chi connectivity index (χ1n) is 5.69. The molecule has 0 saturated carbocycles. The van der Waals surface area contributed by atoms with Crippen molar-refractivity contribution >= 4 is 10.1 Å². The van der Waals surface area contributed by atoms with Crippen molar-refractivity contribution in [2.75, 3.05) is 6.61 Å². The summed E-state index contributed by atoms with van der Waals surface area (Å²) in [7, 11) is -3.61. The molecule has 0 atom stereocenters. The number of rotatable bonds is 4. The van der Waals surface area contributed by atoms with Gasteiger partial charge in [-0.25, -0.2) is 0 Å². The topological polar surface area (TPSA) is 43.4 Å². The Morgan fingerprint density at radius 3 is 2.53 bits per heavy atom. The lowest BCUT2D eigenvalue weighted by Gasteiger charge is -2.11. The highest BCUT2D eigenvalue weighted by Gasteiger charge is 2.20. The Balaban J connectivity index is 2.06. The molecular weight excluding hydrogens is 236 g/mol. The highest BCUT2D eigenvalue weighted by atomic mass is 32.2. The van der Waals surface area contributed by atoms with Crippen molar-refractivity contribution in [3.8, 4) is 0 Å². The molecule has 0 bridgehead atoms. The Bertz CT molecular complexity index is 509. The molecule has 0 unspecified atom stereocenters. The van der Waals surface area contributed by atoms with E-state index in [1.807, 2.05) is 6.07 Å². The van der Waals surface area contributed by atoms with Gasteiger partial charge in [0.15, 0.2) is 0 Å². The van der Waals surface area contributed by atoms with Crippen LogP contribution in [-0.2, 0) is 14.3 Å². The predicted octanol–water partition coefficient (Wildman–Crippen LogP) is 2.67. The van der Waals surface area contributed by atoms with Crippen LogP contribution in [0.5, 0.6) is 0 Å². The van der Waals surface area contributed by atoms with Crippen LogP contribution in [0.1, 0.15) is 18.4 Å². The number of aryl methyl sites for hydroxylation is 1. The lowest BCUT2D eigenvalue weighted by molar-refractivity contribution is 0.261. The Kier molecular flexibility index (Phi) is 3.64. The van der Waals surface area contributed by atoms with E-state index in [1.165, 1.54) is 0 Å². The Morgan fingerprint density at radius 2 is 1.88 bits per heavy atom. The highest BCUT2D eigenvalue weighted by molar-refractivity contribution is 7.86. The summed E-state index contributed by atoms with van der Waals surface area (Å²) in [5.41, 5.74) is 0.719. The van der Waals surface area contributed by atoms with Gasteiger partial charge in [-0.1, -0.05) is 30.4 Å². The molecule has 0 radical (unpaired) electrons. The molecule has 0 N–H and O–H groups in total. The molecular formula is C13H16O3S. The highest BCUT2D eigenvalue weighted by Crippen LogP contribution is 2.22. The van der Waals surface area contributed by atoms with Crippen LogP contribution in [0.25, 0.3) is 0 Å². The maximum Gasteiger partial charge on any atom is 0.297 e. The third kappa shape index (κ3) is 2.96. The monoisotopic (exact) mass is 252 g/mol. The summed E-state index contributed by atoms with van der Waals surface area (Å²) in [5.74, 6) is 0.300. The van der Waals surface area contributed by atoms with E-state index in [2.05, 4.69) is 12.2 Å². The van der Waals surface area contributed by atoms with E-state index in [4.69, 9.17) is 4.18 Å². The largest absolute Gasteiger partial charge is 0.297 e. The first-order chi connectivity index (χ1) is 8.09. The Morgan fingerprint density at radius 1 is 1.24 bits per heavy atom. The lowest BCUT2D eigenvalue weighted by Crippen LogP contribution is -2.13. The fraction of sp³-hybridized carbons (Fsp3) is 0.385. The van der Waals surface area contributed by atoms with Gasteiger partial charge in [0.05, 0.1) is 11.5 Å². The summed E-state index contributed by atoms with van der Waals surface area (Å²) >= 11 is 0. The quantitative estimate of drug-likeness (QED) is 0.611. The van der Waals surface area contributed by atoms with Crippen molar-refractivity contribution in [3.05, 3.63) is 42.0 Å². The molecule has 0 fully saturated rings. The normalized spacial score (nSPS) is 16.5. The summed E-state index contributed by atoms with van der Waals surface area (Å²) in [4.78, 5) is 0.269. The zero-order chi connectivity index (χ0) is 12.3. The average molecular weight is 252 g/mol. The Labute approximate surface area is 102 Å². The van der Waals surface area contributed by atoms with Gasteiger partial charge in [0.1, 0.15) is 0 Å². The summed E-state index contributed by atoms with van der Waals surface area (Å²) in [6.45, 7) is 2.04. The van der Waals surface area contributed by atoms with E-state index in [-0.39, 0.29) is 11.5 Å². The smallest absolute Gasteiger partial charge is 0.266 e. The molecule has 1 aromatic rings. The van der Waals surface area contributed by atoms with Crippen molar-refractivity contribution in [2.24, 2.45) is 5.92 Å². The number of allylic oxidation sites excluding steroid dienone is 2. The summed E-state index contributed by atoms with van der Waals surface area (Å²) in [5, 5.41) is 0. The molecule has 1 aliphatic carbocycles. The van der Waals surface area contributed by atoms with E-state index in [9.17, 15) is 8.42 Å². The maximum absolute atomic E-state index is 12.0. The molecule has 2 rings (SSSR count). The maximum atomic E-state index is 12.0. The second-order valence-corrected chi connectivity index (χ2v) is 5.90. The van der Waals surface area contributed by atoms with Gasteiger partial charge >= 0.3 is 0 Å². The van der Waals surface area contributed by atoms with E-state index in [1.54, 1.807) is 25.1 Å². The van der Waals surface area contributed by atoms with Crippen LogP contribution >= 0.6 is 0 Å². The van der Waals surface area contributed by atoms with Crippen LogP contribution in [0, 0.1) is 12.8 Å². The number of hydrogen-bond acceptors (Lipinski definition) is 3. The number of benzene rings is 1. The van der Waals surface area contributed by atoms with Crippen molar-refractivity contribution < 1.29 is 12.6 Å². The molecule has 0 amide bonds. The van der Waals surface area contributed by atoms with E-state index in [0.717, 1.165) is 18.4 Å². The third-order valence-corrected chi connectivity index (χ3v) is 4.37. The first-order valence-corrected chi connectivity index (χ1v) is 7.10. The van der Waals surface area contributed by atoms with E-state index >= 15 is 0 Å². The van der Waals surface area contributed by atoms with Gasteiger partial charge in [-0.2, -0.15) is 8.42 Å². The van der Waals surface area contributed by atoms with Crippen LogP contribution in [0.15, 0.2) is 41.3 Å². The second kappa shape index (κ2) is 5.02. The van der Waals surface area contributed by atoms with Crippen LogP contribution in [-0.4, -0.2) is 15.0 Å². The second-order valence-electron chi connectivity index (χ2n) is 4.31. The first kappa shape index (κ1) is 12.3. The molecule has 0 aliphatic heterocycles. The molecule has 0 heterocycles.